The first-order valence-electron chi connectivity index (χ1n) is 10.5. The van der Waals surface area contributed by atoms with Crippen molar-refractivity contribution >= 4 is 0 Å². The number of aliphatic hydroxyl groups is 6. The lowest BCUT2D eigenvalue weighted by Crippen LogP contribution is -2.49. The van der Waals surface area contributed by atoms with Gasteiger partial charge in [0.25, 0.3) is 0 Å². The summed E-state index contributed by atoms with van der Waals surface area (Å²) in [4.78, 5) is 0. The number of aryl methyl sites for hydroxylation is 2. The highest BCUT2D eigenvalue weighted by Gasteiger charge is 2.94. The molecule has 6 nitrogen and oxygen atoms in total. The van der Waals surface area contributed by atoms with Gasteiger partial charge in [0.1, 0.15) is 22.9 Å². The van der Waals surface area contributed by atoms with Gasteiger partial charge >= 0.3 is 0 Å². The van der Waals surface area contributed by atoms with Crippen molar-refractivity contribution < 1.29 is 30.6 Å². The fourth-order valence-corrected chi connectivity index (χ4v) is 5.26. The van der Waals surface area contributed by atoms with Gasteiger partial charge in [0.05, 0.1) is 18.6 Å². The Kier molecular flexibility index (Phi) is 5.09. The van der Waals surface area contributed by atoms with Crippen LogP contribution in [-0.2, 0) is 12.8 Å². The van der Waals surface area contributed by atoms with E-state index >= 15 is 0 Å². The molecule has 3 unspecified atom stereocenters. The van der Waals surface area contributed by atoms with Gasteiger partial charge in [-0.3, -0.25) is 0 Å². The number of rotatable bonds is 7. The van der Waals surface area contributed by atoms with Gasteiger partial charge in [-0.15, -0.1) is 0 Å². The minimum atomic E-state index is -2.22. The van der Waals surface area contributed by atoms with Gasteiger partial charge in [-0.2, -0.15) is 0 Å². The van der Waals surface area contributed by atoms with E-state index in [1.54, 1.807) is 24.3 Å². The molecule has 0 aliphatic heterocycles. The second kappa shape index (κ2) is 7.12. The maximum atomic E-state index is 11.6. The van der Waals surface area contributed by atoms with Crippen LogP contribution in [0, 0.1) is 0 Å². The molecule has 6 heteroatoms. The smallest absolute Gasteiger partial charge is 0.138 e. The summed E-state index contributed by atoms with van der Waals surface area (Å²) in [6, 6.07) is 14.6. The molecule has 2 aromatic rings. The summed E-state index contributed by atoms with van der Waals surface area (Å²) < 4.78 is 0. The molecule has 162 valence electrons. The van der Waals surface area contributed by atoms with E-state index in [4.69, 9.17) is 0 Å². The average Bonchev–Trinajstić information content (AvgIpc) is 3.54. The third kappa shape index (κ3) is 2.59. The van der Waals surface area contributed by atoms with Gasteiger partial charge in [0.15, 0.2) is 0 Å². The van der Waals surface area contributed by atoms with Crippen LogP contribution in [0.3, 0.4) is 0 Å². The van der Waals surface area contributed by atoms with Crippen LogP contribution in [0.2, 0.25) is 0 Å². The Morgan fingerprint density at radius 2 is 1.30 bits per heavy atom. The molecule has 4 rings (SSSR count). The standard InChI is InChI=1S/C24H30O6/c1-3-14-5-9-16(10-6-14)19-21(27)23(19,29)24(30)20(22(24,28)18(26)13-25)17-11-7-15(4-2)8-12-17/h5-12,18-21,25-30H,3-4,13H2,1-2H3/t18-,19?,20?,21?,22+,23+,24+/m1/s1. The van der Waals surface area contributed by atoms with E-state index in [9.17, 15) is 30.6 Å². The molecule has 0 radical (unpaired) electrons. The summed E-state index contributed by atoms with van der Waals surface area (Å²) in [5.74, 6) is -1.87. The lowest BCUT2D eigenvalue weighted by atomic mass is 9.95. The van der Waals surface area contributed by atoms with Crippen LogP contribution in [0.15, 0.2) is 48.5 Å². The van der Waals surface area contributed by atoms with Crippen LogP contribution in [0.4, 0.5) is 0 Å². The molecule has 30 heavy (non-hydrogen) atoms. The molecule has 2 aliphatic rings. The van der Waals surface area contributed by atoms with Gasteiger partial charge in [-0.1, -0.05) is 62.4 Å². The molecule has 2 saturated carbocycles. The quantitative estimate of drug-likeness (QED) is 0.395. The molecule has 6 N–H and O–H groups in total. The van der Waals surface area contributed by atoms with Crippen LogP contribution < -0.4 is 0 Å². The number of benzene rings is 2. The maximum Gasteiger partial charge on any atom is 0.138 e. The van der Waals surface area contributed by atoms with Gasteiger partial charge in [0.2, 0.25) is 0 Å². The molecule has 0 aromatic heterocycles. The molecule has 2 aromatic carbocycles. The molecule has 2 fully saturated rings. The molecule has 0 saturated heterocycles. The number of hydrogen-bond donors (Lipinski definition) is 6. The molecular weight excluding hydrogens is 384 g/mol. The van der Waals surface area contributed by atoms with E-state index in [0.29, 0.717) is 11.1 Å². The third-order valence-corrected chi connectivity index (χ3v) is 7.28. The van der Waals surface area contributed by atoms with E-state index < -0.39 is 47.5 Å². The zero-order valence-corrected chi connectivity index (χ0v) is 17.2. The first kappa shape index (κ1) is 21.4. The highest BCUT2D eigenvalue weighted by molar-refractivity contribution is 5.56. The van der Waals surface area contributed by atoms with E-state index in [2.05, 4.69) is 0 Å². The maximum absolute atomic E-state index is 11.6. The topological polar surface area (TPSA) is 121 Å². The first-order valence-corrected chi connectivity index (χ1v) is 10.5. The van der Waals surface area contributed by atoms with Crippen LogP contribution in [-0.4, -0.2) is 66.3 Å². The number of aliphatic hydroxyl groups excluding tert-OH is 3. The molecule has 7 atom stereocenters. The van der Waals surface area contributed by atoms with Gasteiger partial charge in [0, 0.05) is 5.92 Å². The molecule has 0 amide bonds. The van der Waals surface area contributed by atoms with E-state index in [-0.39, 0.29) is 0 Å². The fraction of sp³-hybridized carbons (Fsp3) is 0.500. The summed E-state index contributed by atoms with van der Waals surface area (Å²) in [6.45, 7) is 3.24. The monoisotopic (exact) mass is 414 g/mol. The average molecular weight is 414 g/mol. The molecule has 0 bridgehead atoms. The third-order valence-electron chi connectivity index (χ3n) is 7.28. The largest absolute Gasteiger partial charge is 0.394 e. The molecule has 2 aliphatic carbocycles. The molecular formula is C24H30O6. The summed E-state index contributed by atoms with van der Waals surface area (Å²) in [5, 5.41) is 64.8. The predicted octanol–water partition coefficient (Wildman–Crippen LogP) is 0.613. The lowest BCUT2D eigenvalue weighted by molar-refractivity contribution is -0.134. The van der Waals surface area contributed by atoms with E-state index in [0.717, 1.165) is 24.0 Å². The summed E-state index contributed by atoms with van der Waals surface area (Å²) in [6.07, 6.45) is -1.33. The highest BCUT2D eigenvalue weighted by atomic mass is 16.5. The Labute approximate surface area is 176 Å². The van der Waals surface area contributed by atoms with Crippen molar-refractivity contribution in [1.82, 2.24) is 0 Å². The SMILES string of the molecule is CCc1ccc(C2C(O)[C@]2(O)[C@]2(O)C(c3ccc(CC)cc3)[C@@]2(O)[C@H](O)CO)cc1. The fourth-order valence-electron chi connectivity index (χ4n) is 5.26. The van der Waals surface area contributed by atoms with Crippen molar-refractivity contribution in [2.45, 2.75) is 67.5 Å². The lowest BCUT2D eigenvalue weighted by Gasteiger charge is -2.25. The second-order valence-electron chi connectivity index (χ2n) is 8.66. The zero-order valence-electron chi connectivity index (χ0n) is 17.2. The number of hydrogen-bond acceptors (Lipinski definition) is 6. The van der Waals surface area contributed by atoms with Crippen molar-refractivity contribution in [1.29, 1.82) is 0 Å². The van der Waals surface area contributed by atoms with Crippen molar-refractivity contribution in [3.8, 4) is 0 Å². The second-order valence-corrected chi connectivity index (χ2v) is 8.66. The normalized spacial score (nSPS) is 38.3. The Hall–Kier alpha value is -1.80. The summed E-state index contributed by atoms with van der Waals surface area (Å²) in [7, 11) is 0. The summed E-state index contributed by atoms with van der Waals surface area (Å²) >= 11 is 0. The Bertz CT molecular complexity index is 912. The molecule has 0 spiro atoms. The predicted molar refractivity (Wildman–Crippen MR) is 111 cm³/mol. The van der Waals surface area contributed by atoms with Crippen molar-refractivity contribution in [3.63, 3.8) is 0 Å². The Morgan fingerprint density at radius 3 is 1.73 bits per heavy atom. The minimum absolute atomic E-state index is 0.525. The van der Waals surface area contributed by atoms with Crippen LogP contribution in [0.25, 0.3) is 0 Å². The van der Waals surface area contributed by atoms with Gasteiger partial charge < -0.3 is 30.6 Å². The van der Waals surface area contributed by atoms with E-state index in [1.807, 2.05) is 38.1 Å². The van der Waals surface area contributed by atoms with Crippen LogP contribution >= 0.6 is 0 Å². The zero-order chi connectivity index (χ0) is 21.9. The molecule has 0 heterocycles. The van der Waals surface area contributed by atoms with Crippen molar-refractivity contribution in [3.05, 3.63) is 70.8 Å². The highest BCUT2D eigenvalue weighted by Crippen LogP contribution is 2.75. The van der Waals surface area contributed by atoms with Gasteiger partial charge in [-0.25, -0.2) is 0 Å². The van der Waals surface area contributed by atoms with Crippen molar-refractivity contribution in [2.24, 2.45) is 0 Å². The Morgan fingerprint density at radius 1 is 0.833 bits per heavy atom. The van der Waals surface area contributed by atoms with E-state index in [1.165, 1.54) is 0 Å². The van der Waals surface area contributed by atoms with Crippen LogP contribution in [0.1, 0.15) is 47.9 Å². The van der Waals surface area contributed by atoms with Crippen molar-refractivity contribution in [2.75, 3.05) is 6.61 Å². The van der Waals surface area contributed by atoms with Gasteiger partial charge in [-0.05, 0) is 35.1 Å². The first-order chi connectivity index (χ1) is 14.2. The van der Waals surface area contributed by atoms with Crippen LogP contribution in [0.5, 0.6) is 0 Å². The summed E-state index contributed by atoms with van der Waals surface area (Å²) in [5.41, 5.74) is -3.13. The minimum Gasteiger partial charge on any atom is -0.394 e. The Balaban J connectivity index is 1.73.